The summed E-state index contributed by atoms with van der Waals surface area (Å²) in [6, 6.07) is 6.24. The first-order valence-corrected chi connectivity index (χ1v) is 7.75. The first kappa shape index (κ1) is 14.8. The van der Waals surface area contributed by atoms with Crippen molar-refractivity contribution in [3.63, 3.8) is 0 Å². The molecule has 0 aromatic heterocycles. The van der Waals surface area contributed by atoms with Gasteiger partial charge >= 0.3 is 0 Å². The van der Waals surface area contributed by atoms with Gasteiger partial charge in [0.15, 0.2) is 0 Å². The molecule has 1 aliphatic heterocycles. The van der Waals surface area contributed by atoms with Crippen LogP contribution < -0.4 is 5.32 Å². The molecule has 1 aromatic carbocycles. The molecule has 1 N–H and O–H groups in total. The average molecular weight is 281 g/mol. The molecule has 3 heteroatoms. The largest absolute Gasteiger partial charge is 0.317 e. The standard InChI is InChI=1S/C16H25ClN2/c1-3-19(11-14-6-8-18-9-7-14)12-15-4-5-16(17)10-13(15)2/h4-5,10,14,18H,3,6-9,11-12H2,1-2H3. The molecule has 1 aromatic rings. The number of hydrogen-bond donors (Lipinski definition) is 1. The van der Waals surface area contributed by atoms with E-state index in [1.165, 1.54) is 43.6 Å². The minimum Gasteiger partial charge on any atom is -0.317 e. The van der Waals surface area contributed by atoms with Crippen molar-refractivity contribution < 1.29 is 0 Å². The maximum atomic E-state index is 6.02. The summed E-state index contributed by atoms with van der Waals surface area (Å²) in [6.07, 6.45) is 2.63. The molecule has 0 amide bonds. The van der Waals surface area contributed by atoms with E-state index in [9.17, 15) is 0 Å². The third-order valence-electron chi connectivity index (χ3n) is 4.12. The fourth-order valence-corrected chi connectivity index (χ4v) is 3.04. The van der Waals surface area contributed by atoms with Crippen molar-refractivity contribution in [3.05, 3.63) is 34.3 Å². The molecule has 1 aliphatic rings. The van der Waals surface area contributed by atoms with Crippen molar-refractivity contribution in [3.8, 4) is 0 Å². The Kier molecular flexibility index (Phi) is 5.68. The molecule has 2 rings (SSSR count). The molecule has 0 unspecified atom stereocenters. The Bertz CT molecular complexity index is 400. The van der Waals surface area contributed by atoms with Gasteiger partial charge in [0.2, 0.25) is 0 Å². The minimum atomic E-state index is 0.836. The van der Waals surface area contributed by atoms with E-state index in [1.54, 1.807) is 0 Å². The lowest BCUT2D eigenvalue weighted by Crippen LogP contribution is -2.36. The molecule has 1 fully saturated rings. The second kappa shape index (κ2) is 7.28. The highest BCUT2D eigenvalue weighted by Gasteiger charge is 2.16. The number of aryl methyl sites for hydroxylation is 1. The first-order valence-electron chi connectivity index (χ1n) is 7.37. The fraction of sp³-hybridized carbons (Fsp3) is 0.625. The molecular formula is C16H25ClN2. The van der Waals surface area contributed by atoms with Gasteiger partial charge in [-0.15, -0.1) is 0 Å². The Labute approximate surface area is 122 Å². The molecule has 0 bridgehead atoms. The number of benzene rings is 1. The SMILES string of the molecule is CCN(Cc1ccc(Cl)cc1C)CC1CCNCC1. The van der Waals surface area contributed by atoms with E-state index in [0.717, 1.165) is 24.0 Å². The van der Waals surface area contributed by atoms with Crippen molar-refractivity contribution >= 4 is 11.6 Å². The Balaban J connectivity index is 1.94. The normalized spacial score (nSPS) is 17.1. The first-order chi connectivity index (χ1) is 9.19. The number of nitrogens with one attached hydrogen (secondary N) is 1. The summed E-state index contributed by atoms with van der Waals surface area (Å²) in [5.41, 5.74) is 2.71. The summed E-state index contributed by atoms with van der Waals surface area (Å²) < 4.78 is 0. The van der Waals surface area contributed by atoms with Crippen LogP contribution in [0.1, 0.15) is 30.9 Å². The van der Waals surface area contributed by atoms with Gasteiger partial charge in [0, 0.05) is 18.1 Å². The summed E-state index contributed by atoms with van der Waals surface area (Å²) in [6.45, 7) is 10.2. The van der Waals surface area contributed by atoms with Gasteiger partial charge < -0.3 is 5.32 Å². The van der Waals surface area contributed by atoms with Gasteiger partial charge in [0.05, 0.1) is 0 Å². The van der Waals surface area contributed by atoms with Gasteiger partial charge in [-0.3, -0.25) is 4.90 Å². The highest BCUT2D eigenvalue weighted by atomic mass is 35.5. The zero-order valence-electron chi connectivity index (χ0n) is 12.1. The van der Waals surface area contributed by atoms with E-state index in [0.29, 0.717) is 0 Å². The van der Waals surface area contributed by atoms with Crippen LogP contribution in [0.15, 0.2) is 18.2 Å². The quantitative estimate of drug-likeness (QED) is 0.888. The topological polar surface area (TPSA) is 15.3 Å². The number of halogens is 1. The lowest BCUT2D eigenvalue weighted by atomic mass is 9.97. The Hall–Kier alpha value is -0.570. The van der Waals surface area contributed by atoms with Crippen molar-refractivity contribution in [1.29, 1.82) is 0 Å². The van der Waals surface area contributed by atoms with E-state index in [4.69, 9.17) is 11.6 Å². The summed E-state index contributed by atoms with van der Waals surface area (Å²) in [7, 11) is 0. The molecular weight excluding hydrogens is 256 g/mol. The summed E-state index contributed by atoms with van der Waals surface area (Å²) >= 11 is 6.02. The number of nitrogens with zero attached hydrogens (tertiary/aromatic N) is 1. The molecule has 19 heavy (non-hydrogen) atoms. The third-order valence-corrected chi connectivity index (χ3v) is 4.36. The molecule has 1 heterocycles. The van der Waals surface area contributed by atoms with Crippen molar-refractivity contribution in [2.75, 3.05) is 26.2 Å². The van der Waals surface area contributed by atoms with Crippen LogP contribution in [0.4, 0.5) is 0 Å². The van der Waals surface area contributed by atoms with Crippen molar-refractivity contribution in [1.82, 2.24) is 10.2 Å². The van der Waals surface area contributed by atoms with E-state index < -0.39 is 0 Å². The van der Waals surface area contributed by atoms with Crippen LogP contribution in [0.25, 0.3) is 0 Å². The average Bonchev–Trinajstić information content (AvgIpc) is 2.42. The second-order valence-electron chi connectivity index (χ2n) is 5.59. The third kappa shape index (κ3) is 4.48. The molecule has 0 aliphatic carbocycles. The van der Waals surface area contributed by atoms with Crippen LogP contribution in [0.2, 0.25) is 5.02 Å². The predicted molar refractivity (Wildman–Crippen MR) is 82.7 cm³/mol. The molecule has 0 radical (unpaired) electrons. The minimum absolute atomic E-state index is 0.836. The zero-order chi connectivity index (χ0) is 13.7. The predicted octanol–water partition coefficient (Wildman–Crippen LogP) is 3.47. The smallest absolute Gasteiger partial charge is 0.0408 e. The highest BCUT2D eigenvalue weighted by molar-refractivity contribution is 6.30. The van der Waals surface area contributed by atoms with Gasteiger partial charge in [0.25, 0.3) is 0 Å². The van der Waals surface area contributed by atoms with Crippen molar-refractivity contribution in [2.24, 2.45) is 5.92 Å². The lowest BCUT2D eigenvalue weighted by Gasteiger charge is -2.29. The van der Waals surface area contributed by atoms with Gasteiger partial charge in [-0.2, -0.15) is 0 Å². The number of rotatable bonds is 5. The molecule has 0 atom stereocenters. The fourth-order valence-electron chi connectivity index (χ4n) is 2.81. The Morgan fingerprint density at radius 3 is 2.68 bits per heavy atom. The maximum Gasteiger partial charge on any atom is 0.0408 e. The van der Waals surface area contributed by atoms with Gasteiger partial charge in [-0.1, -0.05) is 24.6 Å². The summed E-state index contributed by atoms with van der Waals surface area (Å²) in [5, 5.41) is 4.27. The highest BCUT2D eigenvalue weighted by Crippen LogP contribution is 2.19. The van der Waals surface area contributed by atoms with Crippen LogP contribution >= 0.6 is 11.6 Å². The molecule has 0 saturated carbocycles. The van der Waals surface area contributed by atoms with Crippen LogP contribution in [-0.4, -0.2) is 31.1 Å². The molecule has 0 spiro atoms. The Morgan fingerprint density at radius 2 is 2.05 bits per heavy atom. The Morgan fingerprint density at radius 1 is 1.32 bits per heavy atom. The van der Waals surface area contributed by atoms with Crippen molar-refractivity contribution in [2.45, 2.75) is 33.2 Å². The van der Waals surface area contributed by atoms with Gasteiger partial charge in [-0.25, -0.2) is 0 Å². The number of piperidine rings is 1. The van der Waals surface area contributed by atoms with Crippen LogP contribution in [0, 0.1) is 12.8 Å². The number of hydrogen-bond acceptors (Lipinski definition) is 2. The van der Waals surface area contributed by atoms with E-state index >= 15 is 0 Å². The second-order valence-corrected chi connectivity index (χ2v) is 6.03. The summed E-state index contributed by atoms with van der Waals surface area (Å²) in [5.74, 6) is 0.855. The van der Waals surface area contributed by atoms with E-state index in [2.05, 4.69) is 36.2 Å². The molecule has 1 saturated heterocycles. The van der Waals surface area contributed by atoms with E-state index in [1.807, 2.05) is 6.07 Å². The monoisotopic (exact) mass is 280 g/mol. The van der Waals surface area contributed by atoms with E-state index in [-0.39, 0.29) is 0 Å². The molecule has 2 nitrogen and oxygen atoms in total. The van der Waals surface area contributed by atoms with Crippen LogP contribution in [-0.2, 0) is 6.54 Å². The van der Waals surface area contributed by atoms with Crippen LogP contribution in [0.5, 0.6) is 0 Å². The lowest BCUT2D eigenvalue weighted by molar-refractivity contribution is 0.207. The van der Waals surface area contributed by atoms with Gasteiger partial charge in [-0.05, 0) is 68.6 Å². The maximum absolute atomic E-state index is 6.02. The van der Waals surface area contributed by atoms with Gasteiger partial charge in [0.1, 0.15) is 0 Å². The zero-order valence-corrected chi connectivity index (χ0v) is 12.8. The summed E-state index contributed by atoms with van der Waals surface area (Å²) in [4.78, 5) is 2.56. The molecule has 106 valence electrons. The van der Waals surface area contributed by atoms with Crippen LogP contribution in [0.3, 0.4) is 0 Å².